The van der Waals surface area contributed by atoms with Crippen molar-refractivity contribution in [3.8, 4) is 17.2 Å². The highest BCUT2D eigenvalue weighted by Gasteiger charge is 2.17. The fourth-order valence-electron chi connectivity index (χ4n) is 3.00. The maximum absolute atomic E-state index is 12.5. The first-order chi connectivity index (χ1) is 12.7. The monoisotopic (exact) mass is 355 g/mol. The van der Waals surface area contributed by atoms with Crippen LogP contribution in [-0.4, -0.2) is 25.7 Å². The van der Waals surface area contributed by atoms with Crippen molar-refractivity contribution < 1.29 is 19.0 Å². The Balaban J connectivity index is 1.63. The van der Waals surface area contributed by atoms with E-state index < -0.39 is 0 Å². The molecule has 2 aromatic rings. The highest BCUT2D eigenvalue weighted by molar-refractivity contribution is 5.79. The van der Waals surface area contributed by atoms with E-state index in [1.54, 1.807) is 0 Å². The molecule has 0 saturated carbocycles. The van der Waals surface area contributed by atoms with Crippen molar-refractivity contribution in [1.29, 1.82) is 0 Å². The molecule has 26 heavy (non-hydrogen) atoms. The van der Waals surface area contributed by atoms with Gasteiger partial charge in [-0.3, -0.25) is 4.79 Å². The molecule has 5 nitrogen and oxygen atoms in total. The van der Waals surface area contributed by atoms with Gasteiger partial charge in [-0.05, 0) is 48.7 Å². The van der Waals surface area contributed by atoms with Crippen LogP contribution in [0.2, 0.25) is 0 Å². The molecule has 1 amide bonds. The van der Waals surface area contributed by atoms with E-state index in [-0.39, 0.29) is 11.9 Å². The van der Waals surface area contributed by atoms with Gasteiger partial charge in [0.25, 0.3) is 0 Å². The normalized spacial score (nSPS) is 13.8. The van der Waals surface area contributed by atoms with Crippen LogP contribution in [0.25, 0.3) is 0 Å². The van der Waals surface area contributed by atoms with Crippen molar-refractivity contribution in [3.63, 3.8) is 0 Å². The van der Waals surface area contributed by atoms with Gasteiger partial charge in [0.2, 0.25) is 5.91 Å². The second kappa shape index (κ2) is 8.61. The third kappa shape index (κ3) is 4.48. The van der Waals surface area contributed by atoms with E-state index in [0.29, 0.717) is 26.2 Å². The van der Waals surface area contributed by atoms with Crippen LogP contribution in [0.15, 0.2) is 42.5 Å². The highest BCUT2D eigenvalue weighted by atomic mass is 16.6. The Morgan fingerprint density at radius 2 is 1.81 bits per heavy atom. The molecule has 1 atom stereocenters. The number of ether oxygens (including phenoxy) is 3. The molecule has 0 aromatic heterocycles. The lowest BCUT2D eigenvalue weighted by Crippen LogP contribution is -2.29. The highest BCUT2D eigenvalue weighted by Crippen LogP contribution is 2.33. The first-order valence-corrected chi connectivity index (χ1v) is 9.10. The zero-order valence-electron chi connectivity index (χ0n) is 15.3. The van der Waals surface area contributed by atoms with E-state index in [1.807, 2.05) is 49.4 Å². The molecule has 0 saturated heterocycles. The number of amides is 1. The average Bonchev–Trinajstić information content (AvgIpc) is 2.67. The SMILES string of the molecule is CCOc1ccc(CC(=O)NC(CC)c2ccc3c(c2)OCCO3)cc1. The van der Waals surface area contributed by atoms with E-state index >= 15 is 0 Å². The molecule has 1 aliphatic rings. The van der Waals surface area contributed by atoms with Crippen molar-refractivity contribution >= 4 is 5.91 Å². The van der Waals surface area contributed by atoms with Gasteiger partial charge in [-0.15, -0.1) is 0 Å². The predicted octanol–water partition coefficient (Wildman–Crippen LogP) is 3.67. The van der Waals surface area contributed by atoms with Crippen molar-refractivity contribution in [2.75, 3.05) is 19.8 Å². The zero-order chi connectivity index (χ0) is 18.4. The smallest absolute Gasteiger partial charge is 0.224 e. The second-order valence-electron chi connectivity index (χ2n) is 6.19. The number of hydrogen-bond acceptors (Lipinski definition) is 4. The minimum Gasteiger partial charge on any atom is -0.494 e. The fourth-order valence-corrected chi connectivity index (χ4v) is 3.00. The molecular formula is C21H25NO4. The van der Waals surface area contributed by atoms with Crippen LogP contribution in [0.3, 0.4) is 0 Å². The predicted molar refractivity (Wildman–Crippen MR) is 99.9 cm³/mol. The Morgan fingerprint density at radius 1 is 1.08 bits per heavy atom. The Bertz CT molecular complexity index is 742. The van der Waals surface area contributed by atoms with Gasteiger partial charge >= 0.3 is 0 Å². The summed E-state index contributed by atoms with van der Waals surface area (Å²) in [7, 11) is 0. The summed E-state index contributed by atoms with van der Waals surface area (Å²) < 4.78 is 16.6. The third-order valence-electron chi connectivity index (χ3n) is 4.31. The van der Waals surface area contributed by atoms with Gasteiger partial charge in [0.05, 0.1) is 19.1 Å². The van der Waals surface area contributed by atoms with Gasteiger partial charge in [-0.1, -0.05) is 25.1 Å². The molecule has 1 N–H and O–H groups in total. The van der Waals surface area contributed by atoms with Crippen molar-refractivity contribution in [3.05, 3.63) is 53.6 Å². The molecule has 0 bridgehead atoms. The molecule has 0 spiro atoms. The van der Waals surface area contributed by atoms with Crippen molar-refractivity contribution in [1.82, 2.24) is 5.32 Å². The lowest BCUT2D eigenvalue weighted by atomic mass is 10.0. The molecule has 0 radical (unpaired) electrons. The standard InChI is InChI=1S/C21H25NO4/c1-3-18(16-7-10-19-20(14-16)26-12-11-25-19)22-21(23)13-15-5-8-17(9-6-15)24-4-2/h5-10,14,18H,3-4,11-13H2,1-2H3,(H,22,23). The van der Waals surface area contributed by atoms with E-state index in [0.717, 1.165) is 34.8 Å². The van der Waals surface area contributed by atoms with Gasteiger partial charge < -0.3 is 19.5 Å². The van der Waals surface area contributed by atoms with Gasteiger partial charge in [0, 0.05) is 0 Å². The summed E-state index contributed by atoms with van der Waals surface area (Å²) in [5, 5.41) is 3.11. The largest absolute Gasteiger partial charge is 0.494 e. The lowest BCUT2D eigenvalue weighted by Gasteiger charge is -2.22. The minimum absolute atomic E-state index is 0.00380. The maximum Gasteiger partial charge on any atom is 0.224 e. The van der Waals surface area contributed by atoms with Crippen LogP contribution in [0.1, 0.15) is 37.4 Å². The maximum atomic E-state index is 12.5. The topological polar surface area (TPSA) is 56.8 Å². The molecule has 1 aliphatic heterocycles. The summed E-state index contributed by atoms with van der Waals surface area (Å²) in [5.41, 5.74) is 1.99. The second-order valence-corrected chi connectivity index (χ2v) is 6.19. The van der Waals surface area contributed by atoms with E-state index in [9.17, 15) is 4.79 Å². The van der Waals surface area contributed by atoms with Gasteiger partial charge in [-0.25, -0.2) is 0 Å². The van der Waals surface area contributed by atoms with Crippen molar-refractivity contribution in [2.24, 2.45) is 0 Å². The first-order valence-electron chi connectivity index (χ1n) is 9.10. The fraction of sp³-hybridized carbons (Fsp3) is 0.381. The Labute approximate surface area is 154 Å². The number of rotatable bonds is 7. The number of carbonyl (C=O) groups is 1. The first kappa shape index (κ1) is 18.1. The summed E-state index contributed by atoms with van der Waals surface area (Å²) >= 11 is 0. The number of hydrogen-bond donors (Lipinski definition) is 1. The van der Waals surface area contributed by atoms with E-state index in [2.05, 4.69) is 12.2 Å². The number of nitrogens with one attached hydrogen (secondary N) is 1. The number of fused-ring (bicyclic) bond motifs is 1. The minimum atomic E-state index is -0.0546. The third-order valence-corrected chi connectivity index (χ3v) is 4.31. The number of carbonyl (C=O) groups excluding carboxylic acids is 1. The van der Waals surface area contributed by atoms with Gasteiger partial charge in [0.1, 0.15) is 19.0 Å². The van der Waals surface area contributed by atoms with Crippen LogP contribution >= 0.6 is 0 Å². The molecule has 5 heteroatoms. The summed E-state index contributed by atoms with van der Waals surface area (Å²) in [4.78, 5) is 12.5. The van der Waals surface area contributed by atoms with Crippen LogP contribution < -0.4 is 19.5 Å². The zero-order valence-corrected chi connectivity index (χ0v) is 15.3. The van der Waals surface area contributed by atoms with E-state index in [4.69, 9.17) is 14.2 Å². The Morgan fingerprint density at radius 3 is 2.50 bits per heavy atom. The average molecular weight is 355 g/mol. The summed E-state index contributed by atoms with van der Waals surface area (Å²) in [6.45, 7) is 5.76. The van der Waals surface area contributed by atoms with E-state index in [1.165, 1.54) is 0 Å². The molecule has 1 unspecified atom stereocenters. The molecular weight excluding hydrogens is 330 g/mol. The molecule has 2 aromatic carbocycles. The molecule has 1 heterocycles. The molecule has 138 valence electrons. The number of benzene rings is 2. The van der Waals surface area contributed by atoms with Crippen LogP contribution in [0, 0.1) is 0 Å². The molecule has 0 aliphatic carbocycles. The van der Waals surface area contributed by atoms with Crippen LogP contribution in [-0.2, 0) is 11.2 Å². The van der Waals surface area contributed by atoms with Crippen LogP contribution in [0.5, 0.6) is 17.2 Å². The molecule has 0 fully saturated rings. The van der Waals surface area contributed by atoms with Gasteiger partial charge in [-0.2, -0.15) is 0 Å². The van der Waals surface area contributed by atoms with Crippen molar-refractivity contribution in [2.45, 2.75) is 32.7 Å². The molecule has 3 rings (SSSR count). The Hall–Kier alpha value is -2.69. The summed E-state index contributed by atoms with van der Waals surface area (Å²) in [6, 6.07) is 13.4. The Kier molecular flexibility index (Phi) is 6.00. The van der Waals surface area contributed by atoms with Crippen LogP contribution in [0.4, 0.5) is 0 Å². The summed E-state index contributed by atoms with van der Waals surface area (Å²) in [5.74, 6) is 2.32. The lowest BCUT2D eigenvalue weighted by molar-refractivity contribution is -0.121. The van der Waals surface area contributed by atoms with Gasteiger partial charge in [0.15, 0.2) is 11.5 Å². The summed E-state index contributed by atoms with van der Waals surface area (Å²) in [6.07, 6.45) is 1.14. The quantitative estimate of drug-likeness (QED) is 0.823.